The summed E-state index contributed by atoms with van der Waals surface area (Å²) in [6.45, 7) is 5.83. The summed E-state index contributed by atoms with van der Waals surface area (Å²) in [6, 6.07) is 11.9. The lowest BCUT2D eigenvalue weighted by molar-refractivity contribution is 0.0864. The molecule has 1 nitrogen and oxygen atoms in total. The third-order valence-electron chi connectivity index (χ3n) is 3.34. The Bertz CT molecular complexity index is 599. The SMILES string of the molecule is Cc1ccc(C(=O)C(C)(C)CCl)c2ccccc12. The zero-order valence-corrected chi connectivity index (χ0v) is 11.7. The molecule has 0 aliphatic heterocycles. The maximum absolute atomic E-state index is 12.5. The van der Waals surface area contributed by atoms with Gasteiger partial charge in [-0.3, -0.25) is 4.79 Å². The number of rotatable bonds is 3. The third-order valence-corrected chi connectivity index (χ3v) is 4.00. The first-order valence-corrected chi connectivity index (χ1v) is 6.60. The predicted molar refractivity (Wildman–Crippen MR) is 77.5 cm³/mol. The summed E-state index contributed by atoms with van der Waals surface area (Å²) in [7, 11) is 0. The standard InChI is InChI=1S/C16H17ClO/c1-11-8-9-14(15(18)16(2,3)10-17)13-7-5-4-6-12(11)13/h4-9H,10H2,1-3H3. The van der Waals surface area contributed by atoms with Gasteiger partial charge in [0, 0.05) is 16.9 Å². The zero-order chi connectivity index (χ0) is 13.3. The van der Waals surface area contributed by atoms with E-state index in [2.05, 4.69) is 13.0 Å². The Morgan fingerprint density at radius 2 is 1.72 bits per heavy atom. The van der Waals surface area contributed by atoms with Crippen LogP contribution in [-0.4, -0.2) is 11.7 Å². The number of benzene rings is 2. The highest BCUT2D eigenvalue weighted by Crippen LogP contribution is 2.29. The minimum absolute atomic E-state index is 0.105. The molecule has 0 saturated carbocycles. The molecule has 0 saturated heterocycles. The van der Waals surface area contributed by atoms with Crippen molar-refractivity contribution < 1.29 is 4.79 Å². The van der Waals surface area contributed by atoms with Crippen molar-refractivity contribution in [2.45, 2.75) is 20.8 Å². The lowest BCUT2D eigenvalue weighted by Crippen LogP contribution is -2.26. The van der Waals surface area contributed by atoms with Crippen LogP contribution in [0.5, 0.6) is 0 Å². The Hall–Kier alpha value is -1.34. The highest BCUT2D eigenvalue weighted by Gasteiger charge is 2.28. The Kier molecular flexibility index (Phi) is 3.45. The highest BCUT2D eigenvalue weighted by molar-refractivity contribution is 6.22. The molecule has 18 heavy (non-hydrogen) atoms. The van der Waals surface area contributed by atoms with Crippen LogP contribution in [-0.2, 0) is 0 Å². The van der Waals surface area contributed by atoms with Gasteiger partial charge in [-0.15, -0.1) is 11.6 Å². The molecule has 0 unspecified atom stereocenters. The second kappa shape index (κ2) is 4.74. The molecule has 2 rings (SSSR count). The first kappa shape index (κ1) is 13.1. The van der Waals surface area contributed by atoms with Crippen LogP contribution in [0.4, 0.5) is 0 Å². The van der Waals surface area contributed by atoms with E-state index < -0.39 is 5.41 Å². The summed E-state index contributed by atoms with van der Waals surface area (Å²) in [6.07, 6.45) is 0. The molecule has 0 spiro atoms. The Morgan fingerprint density at radius 3 is 2.33 bits per heavy atom. The van der Waals surface area contributed by atoms with Crippen LogP contribution in [0.1, 0.15) is 29.8 Å². The number of halogens is 1. The van der Waals surface area contributed by atoms with Crippen LogP contribution in [0.3, 0.4) is 0 Å². The summed E-state index contributed by atoms with van der Waals surface area (Å²) in [5, 5.41) is 2.15. The molecule has 0 aromatic heterocycles. The van der Waals surface area contributed by atoms with Gasteiger partial charge in [-0.1, -0.05) is 50.2 Å². The molecule has 2 heteroatoms. The molecule has 0 radical (unpaired) electrons. The van der Waals surface area contributed by atoms with Gasteiger partial charge in [0.05, 0.1) is 0 Å². The minimum Gasteiger partial charge on any atom is -0.294 e. The predicted octanol–water partition coefficient (Wildman–Crippen LogP) is 4.60. The number of fused-ring (bicyclic) bond motifs is 1. The topological polar surface area (TPSA) is 17.1 Å². The van der Waals surface area contributed by atoms with Crippen molar-refractivity contribution in [3.8, 4) is 0 Å². The highest BCUT2D eigenvalue weighted by atomic mass is 35.5. The van der Waals surface area contributed by atoms with E-state index in [9.17, 15) is 4.79 Å². The van der Waals surface area contributed by atoms with Gasteiger partial charge >= 0.3 is 0 Å². The number of alkyl halides is 1. The van der Waals surface area contributed by atoms with Gasteiger partial charge in [-0.2, -0.15) is 0 Å². The van der Waals surface area contributed by atoms with Crippen molar-refractivity contribution in [2.75, 3.05) is 5.88 Å². The first-order chi connectivity index (χ1) is 8.47. The fourth-order valence-corrected chi connectivity index (χ4v) is 2.19. The average Bonchev–Trinajstić information content (AvgIpc) is 2.39. The third kappa shape index (κ3) is 2.15. The molecule has 2 aromatic carbocycles. The van der Waals surface area contributed by atoms with Gasteiger partial charge in [0.15, 0.2) is 5.78 Å². The molecule has 0 heterocycles. The number of ketones is 1. The molecule has 0 atom stereocenters. The van der Waals surface area contributed by atoms with E-state index in [-0.39, 0.29) is 5.78 Å². The van der Waals surface area contributed by atoms with Crippen molar-refractivity contribution in [3.05, 3.63) is 47.5 Å². The normalized spacial score (nSPS) is 11.8. The molecular weight excluding hydrogens is 244 g/mol. The first-order valence-electron chi connectivity index (χ1n) is 6.06. The van der Waals surface area contributed by atoms with Gasteiger partial charge < -0.3 is 0 Å². The summed E-state index contributed by atoms with van der Waals surface area (Å²) in [5.41, 5.74) is 1.42. The molecule has 0 fully saturated rings. The van der Waals surface area contributed by atoms with Gasteiger partial charge in [0.1, 0.15) is 0 Å². The number of Topliss-reactive ketones (excluding diaryl/α,β-unsaturated/α-hetero) is 1. The fraction of sp³-hybridized carbons (Fsp3) is 0.312. The van der Waals surface area contributed by atoms with Crippen molar-refractivity contribution in [3.63, 3.8) is 0 Å². The van der Waals surface area contributed by atoms with Crippen molar-refractivity contribution >= 4 is 28.2 Å². The van der Waals surface area contributed by atoms with E-state index >= 15 is 0 Å². The number of hydrogen-bond donors (Lipinski definition) is 0. The maximum Gasteiger partial charge on any atom is 0.170 e. The smallest absolute Gasteiger partial charge is 0.170 e. The summed E-state index contributed by atoms with van der Waals surface area (Å²) < 4.78 is 0. The zero-order valence-electron chi connectivity index (χ0n) is 11.0. The molecule has 0 amide bonds. The van der Waals surface area contributed by atoms with Crippen molar-refractivity contribution in [1.29, 1.82) is 0 Å². The van der Waals surface area contributed by atoms with Crippen LogP contribution in [0, 0.1) is 12.3 Å². The molecule has 94 valence electrons. The van der Waals surface area contributed by atoms with Gasteiger partial charge in [0.25, 0.3) is 0 Å². The molecule has 2 aromatic rings. The quantitative estimate of drug-likeness (QED) is 0.582. The lowest BCUT2D eigenvalue weighted by Gasteiger charge is -2.21. The van der Waals surface area contributed by atoms with Crippen LogP contribution >= 0.6 is 11.6 Å². The second-order valence-corrected chi connectivity index (χ2v) is 5.59. The van der Waals surface area contributed by atoms with E-state index in [4.69, 9.17) is 11.6 Å². The van der Waals surface area contributed by atoms with E-state index in [1.165, 1.54) is 5.56 Å². The van der Waals surface area contributed by atoms with Crippen LogP contribution < -0.4 is 0 Å². The monoisotopic (exact) mass is 260 g/mol. The summed E-state index contributed by atoms with van der Waals surface area (Å²) in [5.74, 6) is 0.433. The maximum atomic E-state index is 12.5. The average molecular weight is 261 g/mol. The van der Waals surface area contributed by atoms with E-state index in [1.807, 2.05) is 44.2 Å². The number of carbonyl (C=O) groups excluding carboxylic acids is 1. The van der Waals surface area contributed by atoms with Crippen molar-refractivity contribution in [1.82, 2.24) is 0 Å². The number of aryl methyl sites for hydroxylation is 1. The summed E-state index contributed by atoms with van der Waals surface area (Å²) in [4.78, 5) is 12.5. The molecular formula is C16H17ClO. The Balaban J connectivity index is 2.66. The van der Waals surface area contributed by atoms with Crippen LogP contribution in [0.25, 0.3) is 10.8 Å². The van der Waals surface area contributed by atoms with Crippen LogP contribution in [0.15, 0.2) is 36.4 Å². The molecule has 0 bridgehead atoms. The van der Waals surface area contributed by atoms with Crippen LogP contribution in [0.2, 0.25) is 0 Å². The van der Waals surface area contributed by atoms with Gasteiger partial charge in [-0.05, 0) is 23.3 Å². The van der Waals surface area contributed by atoms with Gasteiger partial charge in [-0.25, -0.2) is 0 Å². The number of hydrogen-bond acceptors (Lipinski definition) is 1. The lowest BCUT2D eigenvalue weighted by atomic mass is 9.84. The largest absolute Gasteiger partial charge is 0.294 e. The van der Waals surface area contributed by atoms with Crippen molar-refractivity contribution in [2.24, 2.45) is 5.41 Å². The molecule has 0 aliphatic rings. The van der Waals surface area contributed by atoms with E-state index in [1.54, 1.807) is 0 Å². The van der Waals surface area contributed by atoms with Gasteiger partial charge in [0.2, 0.25) is 0 Å². The second-order valence-electron chi connectivity index (χ2n) is 5.32. The Morgan fingerprint density at radius 1 is 1.11 bits per heavy atom. The summed E-state index contributed by atoms with van der Waals surface area (Å²) >= 11 is 5.90. The number of carbonyl (C=O) groups is 1. The fourth-order valence-electron chi connectivity index (χ4n) is 2.07. The Labute approximate surface area is 113 Å². The van der Waals surface area contributed by atoms with E-state index in [0.29, 0.717) is 5.88 Å². The van der Waals surface area contributed by atoms with E-state index in [0.717, 1.165) is 16.3 Å². The molecule has 0 N–H and O–H groups in total. The minimum atomic E-state index is -0.528. The molecule has 0 aliphatic carbocycles.